The van der Waals surface area contributed by atoms with Gasteiger partial charge >= 0.3 is 156 Å². The summed E-state index contributed by atoms with van der Waals surface area (Å²) in [4.78, 5) is 0.205. The van der Waals surface area contributed by atoms with Gasteiger partial charge in [0.15, 0.2) is 0 Å². The minimum atomic E-state index is -3.74. The van der Waals surface area contributed by atoms with Gasteiger partial charge in [-0.15, -0.1) is 0 Å². The van der Waals surface area contributed by atoms with Crippen LogP contribution in [-0.4, -0.2) is 41.7 Å². The van der Waals surface area contributed by atoms with E-state index in [1.54, 1.807) is 31.4 Å². The molecule has 132 valence electrons. The number of hydrogen-bond acceptors (Lipinski definition) is 3. The van der Waals surface area contributed by atoms with E-state index in [1.165, 1.54) is 0 Å². The number of aryl methyl sites for hydroxylation is 1. The Kier molecular flexibility index (Phi) is 7.14. The molecule has 2 rings (SSSR count). The van der Waals surface area contributed by atoms with Gasteiger partial charge in [0.2, 0.25) is 0 Å². The van der Waals surface area contributed by atoms with E-state index in [4.69, 9.17) is 4.74 Å². The number of rotatable bonds is 7. The molecular weight excluding hydrogens is 401 g/mol. The Morgan fingerprint density at radius 3 is 2.32 bits per heavy atom. The van der Waals surface area contributed by atoms with Gasteiger partial charge in [-0.2, -0.15) is 0 Å². The molecule has 0 aromatic heterocycles. The maximum absolute atomic E-state index is 12.6. The zero-order valence-corrected chi connectivity index (χ0v) is 17.0. The average molecular weight is 422 g/mol. The molecule has 2 aromatic carbocycles. The first kappa shape index (κ1) is 19.6. The van der Waals surface area contributed by atoms with Crippen LogP contribution in [0.5, 0.6) is 0 Å². The van der Waals surface area contributed by atoms with Crippen molar-refractivity contribution in [1.82, 2.24) is 0 Å². The zero-order valence-electron chi connectivity index (χ0n) is 14.5. The molecule has 4 nitrogen and oxygen atoms in total. The topological polar surface area (TPSA) is 55.7 Å². The fourth-order valence-corrected chi connectivity index (χ4v) is 5.05. The van der Waals surface area contributed by atoms with Gasteiger partial charge in [-0.3, -0.25) is 0 Å². The molecule has 0 heterocycles. The number of methoxy groups -OCH3 is 1. The van der Waals surface area contributed by atoms with E-state index in [1.807, 2.05) is 49.2 Å². The number of benzene rings is 2. The summed E-state index contributed by atoms with van der Waals surface area (Å²) >= 11 is -0.100. The molecule has 0 atom stereocenters. The Morgan fingerprint density at radius 1 is 1.12 bits per heavy atom. The number of sulfonamides is 1. The van der Waals surface area contributed by atoms with Crippen LogP contribution in [-0.2, 0) is 14.8 Å². The molecule has 0 saturated carbocycles. The first-order valence-corrected chi connectivity index (χ1v) is 11.7. The molecule has 0 amide bonds. The monoisotopic (exact) mass is 423 g/mol. The van der Waals surface area contributed by atoms with Crippen LogP contribution in [0.4, 0.5) is 0 Å². The summed E-state index contributed by atoms with van der Waals surface area (Å²) in [6.07, 6.45) is 1.93. The van der Waals surface area contributed by atoms with Gasteiger partial charge in [0, 0.05) is 0 Å². The van der Waals surface area contributed by atoms with Crippen LogP contribution in [0, 0.1) is 6.92 Å². The fraction of sp³-hybridized carbons (Fsp3) is 0.211. The number of ether oxygens (including phenoxy) is 1. The van der Waals surface area contributed by atoms with Gasteiger partial charge in [0.25, 0.3) is 0 Å². The summed E-state index contributed by atoms with van der Waals surface area (Å²) in [7, 11) is -2.15. The normalized spacial score (nSPS) is 13.1. The third-order valence-electron chi connectivity index (χ3n) is 3.43. The zero-order chi connectivity index (χ0) is 18.3. The van der Waals surface area contributed by atoms with E-state index >= 15 is 0 Å². The summed E-state index contributed by atoms with van der Waals surface area (Å²) in [6, 6.07) is 16.5. The molecule has 0 fully saturated rings. The van der Waals surface area contributed by atoms with Crippen LogP contribution in [0.15, 0.2) is 69.5 Å². The van der Waals surface area contributed by atoms with E-state index in [9.17, 15) is 8.42 Å². The van der Waals surface area contributed by atoms with Gasteiger partial charge in [0.1, 0.15) is 0 Å². The van der Waals surface area contributed by atoms with Crippen molar-refractivity contribution in [3.8, 4) is 0 Å². The molecule has 6 heteroatoms. The van der Waals surface area contributed by atoms with Crippen LogP contribution in [0.3, 0.4) is 0 Å². The van der Waals surface area contributed by atoms with Crippen LogP contribution in [0.1, 0.15) is 11.1 Å². The van der Waals surface area contributed by atoms with E-state index in [0.29, 0.717) is 11.2 Å². The van der Waals surface area contributed by atoms with E-state index in [2.05, 4.69) is 4.40 Å². The molecule has 0 spiro atoms. The van der Waals surface area contributed by atoms with Gasteiger partial charge in [-0.25, -0.2) is 0 Å². The average Bonchev–Trinajstić information content (AvgIpc) is 2.61. The van der Waals surface area contributed by atoms with Crippen molar-refractivity contribution in [2.75, 3.05) is 13.7 Å². The summed E-state index contributed by atoms with van der Waals surface area (Å²) in [6.45, 7) is 2.23. The Morgan fingerprint density at radius 2 is 1.76 bits per heavy atom. The van der Waals surface area contributed by atoms with Crippen molar-refractivity contribution >= 4 is 35.7 Å². The van der Waals surface area contributed by atoms with Gasteiger partial charge in [-0.05, 0) is 0 Å². The predicted octanol–water partition coefficient (Wildman–Crippen LogP) is 3.56. The molecular formula is C19H21NO3SSe. The second kappa shape index (κ2) is 9.11. The van der Waals surface area contributed by atoms with Crippen molar-refractivity contribution in [2.45, 2.75) is 17.6 Å². The van der Waals surface area contributed by atoms with Crippen molar-refractivity contribution in [3.63, 3.8) is 0 Å². The van der Waals surface area contributed by atoms with Crippen molar-refractivity contribution in [3.05, 3.63) is 71.3 Å². The van der Waals surface area contributed by atoms with Gasteiger partial charge in [-0.1, -0.05) is 0 Å². The SMILES string of the molecule is COCC(=C\c1ccccc1)/C(=N\S(=O)(=O)c1ccc(C)cc1)[Se]C. The summed E-state index contributed by atoms with van der Waals surface area (Å²) in [5.74, 6) is 1.95. The Hall–Kier alpha value is -1.72. The Labute approximate surface area is 155 Å². The summed E-state index contributed by atoms with van der Waals surface area (Å²) in [5.41, 5.74) is 2.78. The standard InChI is InChI=1S/C19H21NO3SSe/c1-15-9-11-18(12-10-15)24(21,22)20-19(25-3)17(14-23-2)13-16-7-5-4-6-8-16/h4-13H,14H2,1-3H3/b17-13+,20-19+. The molecule has 0 bridgehead atoms. The van der Waals surface area contributed by atoms with Gasteiger partial charge < -0.3 is 0 Å². The molecule has 0 aliphatic rings. The van der Waals surface area contributed by atoms with Crippen LogP contribution in [0.2, 0.25) is 5.82 Å². The van der Waals surface area contributed by atoms with Crippen LogP contribution >= 0.6 is 0 Å². The first-order valence-electron chi connectivity index (χ1n) is 7.67. The molecule has 0 saturated heterocycles. The first-order chi connectivity index (χ1) is 12.0. The quantitative estimate of drug-likeness (QED) is 0.507. The maximum atomic E-state index is 12.6. The van der Waals surface area contributed by atoms with E-state index in [-0.39, 0.29) is 19.9 Å². The molecule has 0 N–H and O–H groups in total. The predicted molar refractivity (Wildman–Crippen MR) is 104 cm³/mol. The molecule has 0 unspecified atom stereocenters. The second-order valence-corrected chi connectivity index (χ2v) is 8.67. The van der Waals surface area contributed by atoms with Crippen LogP contribution < -0.4 is 0 Å². The molecule has 2 aromatic rings. The fourth-order valence-electron chi connectivity index (χ4n) is 2.17. The van der Waals surface area contributed by atoms with Crippen molar-refractivity contribution in [1.29, 1.82) is 0 Å². The Balaban J connectivity index is 2.45. The van der Waals surface area contributed by atoms with Crippen molar-refractivity contribution in [2.24, 2.45) is 4.40 Å². The number of nitrogens with zero attached hydrogens (tertiary/aromatic N) is 1. The molecule has 0 aliphatic heterocycles. The number of hydrogen-bond donors (Lipinski definition) is 0. The summed E-state index contributed by atoms with van der Waals surface area (Å²) in [5, 5.41) is 0. The second-order valence-electron chi connectivity index (χ2n) is 5.40. The van der Waals surface area contributed by atoms with Crippen LogP contribution in [0.25, 0.3) is 6.08 Å². The summed E-state index contributed by atoms with van der Waals surface area (Å²) < 4.78 is 35.2. The molecule has 0 radical (unpaired) electrons. The van der Waals surface area contributed by atoms with Crippen molar-refractivity contribution < 1.29 is 13.2 Å². The Bertz CT molecular complexity index is 857. The minimum absolute atomic E-state index is 0.100. The third-order valence-corrected chi connectivity index (χ3v) is 6.53. The molecule has 0 aliphatic carbocycles. The molecule has 25 heavy (non-hydrogen) atoms. The van der Waals surface area contributed by atoms with E-state index < -0.39 is 10.0 Å². The van der Waals surface area contributed by atoms with E-state index in [0.717, 1.165) is 16.7 Å². The third kappa shape index (κ3) is 5.65. The van der Waals surface area contributed by atoms with Gasteiger partial charge in [0.05, 0.1) is 0 Å².